The molecule has 1 nitrogen and oxygen atoms in total. The van der Waals surface area contributed by atoms with Crippen molar-refractivity contribution in [3.63, 3.8) is 0 Å². The maximum atomic E-state index is 12.9. The number of rotatable bonds is 4. The lowest BCUT2D eigenvalue weighted by atomic mass is 10.3. The van der Waals surface area contributed by atoms with Crippen molar-refractivity contribution < 1.29 is 9.13 Å². The molecule has 0 radical (unpaired) electrons. The van der Waals surface area contributed by atoms with Crippen LogP contribution in [0.4, 0.5) is 4.39 Å². The summed E-state index contributed by atoms with van der Waals surface area (Å²) in [5.74, 6) is -0.0311. The van der Waals surface area contributed by atoms with E-state index >= 15 is 0 Å². The van der Waals surface area contributed by atoms with Gasteiger partial charge in [-0.25, -0.2) is 4.39 Å². The summed E-state index contributed by atoms with van der Waals surface area (Å²) in [6.45, 7) is 0.395. The van der Waals surface area contributed by atoms with E-state index < -0.39 is 0 Å². The van der Waals surface area contributed by atoms with Crippen LogP contribution in [0.5, 0.6) is 5.75 Å². The minimum Gasteiger partial charge on any atom is -0.486 e. The van der Waals surface area contributed by atoms with Gasteiger partial charge in [-0.2, -0.15) is 0 Å². The molecule has 0 amide bonds. The van der Waals surface area contributed by atoms with Crippen molar-refractivity contribution in [3.8, 4) is 5.75 Å². The molecule has 1 aromatic rings. The van der Waals surface area contributed by atoms with Crippen molar-refractivity contribution in [3.05, 3.63) is 42.2 Å². The van der Waals surface area contributed by atoms with Crippen molar-refractivity contribution in [2.24, 2.45) is 0 Å². The standard InChI is InChI=1S/C10H10BrFO/c11-7-3-4-8-13-10-6-2-1-5-9(10)12/h1-6H,7-8H2. The lowest BCUT2D eigenvalue weighted by molar-refractivity contribution is 0.341. The molecular weight excluding hydrogens is 235 g/mol. The lowest BCUT2D eigenvalue weighted by Crippen LogP contribution is -1.95. The highest BCUT2D eigenvalue weighted by Crippen LogP contribution is 2.14. The van der Waals surface area contributed by atoms with E-state index in [1.54, 1.807) is 18.2 Å². The van der Waals surface area contributed by atoms with Gasteiger partial charge in [0.1, 0.15) is 6.61 Å². The predicted molar refractivity (Wildman–Crippen MR) is 54.8 cm³/mol. The van der Waals surface area contributed by atoms with Gasteiger partial charge in [0.05, 0.1) is 0 Å². The van der Waals surface area contributed by atoms with Gasteiger partial charge in [0, 0.05) is 5.33 Å². The zero-order chi connectivity index (χ0) is 9.52. The Bertz CT molecular complexity index is 286. The van der Waals surface area contributed by atoms with E-state index in [-0.39, 0.29) is 5.82 Å². The second-order valence-corrected chi connectivity index (χ2v) is 3.01. The number of hydrogen-bond donors (Lipinski definition) is 0. The number of hydrogen-bond acceptors (Lipinski definition) is 1. The summed E-state index contributed by atoms with van der Waals surface area (Å²) in [4.78, 5) is 0. The number of para-hydroxylation sites is 1. The third-order valence-electron chi connectivity index (χ3n) is 1.43. The molecule has 0 aliphatic rings. The first kappa shape index (κ1) is 10.3. The van der Waals surface area contributed by atoms with Gasteiger partial charge in [-0.1, -0.05) is 40.2 Å². The zero-order valence-corrected chi connectivity index (χ0v) is 8.63. The molecule has 0 aromatic heterocycles. The van der Waals surface area contributed by atoms with Crippen LogP contribution in [0.3, 0.4) is 0 Å². The Morgan fingerprint density at radius 2 is 2.08 bits per heavy atom. The summed E-state index contributed by atoms with van der Waals surface area (Å²) >= 11 is 3.23. The van der Waals surface area contributed by atoms with Gasteiger partial charge < -0.3 is 4.74 Å². The Kier molecular flexibility index (Phi) is 4.54. The van der Waals surface area contributed by atoms with E-state index in [0.29, 0.717) is 12.4 Å². The summed E-state index contributed by atoms with van der Waals surface area (Å²) < 4.78 is 18.1. The van der Waals surface area contributed by atoms with E-state index in [1.807, 2.05) is 12.2 Å². The highest BCUT2D eigenvalue weighted by atomic mass is 79.9. The fraction of sp³-hybridized carbons (Fsp3) is 0.200. The first-order valence-corrected chi connectivity index (χ1v) is 5.05. The van der Waals surface area contributed by atoms with Crippen LogP contribution in [0.1, 0.15) is 0 Å². The van der Waals surface area contributed by atoms with E-state index in [4.69, 9.17) is 4.74 Å². The van der Waals surface area contributed by atoms with Crippen LogP contribution in [-0.2, 0) is 0 Å². The van der Waals surface area contributed by atoms with E-state index in [2.05, 4.69) is 15.9 Å². The molecule has 0 aliphatic carbocycles. The Hall–Kier alpha value is -0.830. The van der Waals surface area contributed by atoms with Gasteiger partial charge in [-0.05, 0) is 12.1 Å². The monoisotopic (exact) mass is 244 g/mol. The third kappa shape index (κ3) is 3.59. The minimum absolute atomic E-state index is 0.293. The van der Waals surface area contributed by atoms with Gasteiger partial charge in [-0.15, -0.1) is 0 Å². The molecule has 3 heteroatoms. The Morgan fingerprint density at radius 1 is 1.31 bits per heavy atom. The molecular formula is C10H10BrFO. The maximum Gasteiger partial charge on any atom is 0.165 e. The molecule has 0 saturated heterocycles. The Balaban J connectivity index is 2.45. The maximum absolute atomic E-state index is 12.9. The molecule has 0 bridgehead atoms. The van der Waals surface area contributed by atoms with Crippen molar-refractivity contribution >= 4 is 15.9 Å². The quantitative estimate of drug-likeness (QED) is 0.584. The molecule has 1 rings (SSSR count). The van der Waals surface area contributed by atoms with Crippen molar-refractivity contribution in [1.82, 2.24) is 0 Å². The molecule has 0 heterocycles. The van der Waals surface area contributed by atoms with Gasteiger partial charge in [0.15, 0.2) is 11.6 Å². The third-order valence-corrected chi connectivity index (χ3v) is 1.80. The number of allylic oxidation sites excluding steroid dienone is 1. The number of benzene rings is 1. The molecule has 0 N–H and O–H groups in total. The molecule has 0 saturated carbocycles. The summed E-state index contributed by atoms with van der Waals surface area (Å²) in [5.41, 5.74) is 0. The fourth-order valence-electron chi connectivity index (χ4n) is 0.831. The Morgan fingerprint density at radius 3 is 2.77 bits per heavy atom. The van der Waals surface area contributed by atoms with Gasteiger partial charge >= 0.3 is 0 Å². The number of alkyl halides is 1. The molecule has 0 unspecified atom stereocenters. The van der Waals surface area contributed by atoms with Crippen LogP contribution in [0, 0.1) is 5.82 Å². The molecule has 0 aliphatic heterocycles. The second-order valence-electron chi connectivity index (χ2n) is 2.37. The SMILES string of the molecule is Fc1ccccc1OCC=CCBr. The highest BCUT2D eigenvalue weighted by molar-refractivity contribution is 9.09. The van der Waals surface area contributed by atoms with Crippen LogP contribution in [-0.4, -0.2) is 11.9 Å². The van der Waals surface area contributed by atoms with Gasteiger partial charge in [-0.3, -0.25) is 0 Å². The molecule has 1 aromatic carbocycles. The molecule has 13 heavy (non-hydrogen) atoms. The smallest absolute Gasteiger partial charge is 0.165 e. The summed E-state index contributed by atoms with van der Waals surface area (Å²) in [5, 5.41) is 0.785. The highest BCUT2D eigenvalue weighted by Gasteiger charge is 1.98. The minimum atomic E-state index is -0.324. The van der Waals surface area contributed by atoms with Crippen LogP contribution in [0.25, 0.3) is 0 Å². The average Bonchev–Trinajstić information content (AvgIpc) is 2.15. The topological polar surface area (TPSA) is 9.23 Å². The Labute approximate surface area is 85.3 Å². The number of ether oxygens (including phenoxy) is 1. The summed E-state index contributed by atoms with van der Waals surface area (Å²) in [7, 11) is 0. The first-order valence-electron chi connectivity index (χ1n) is 3.93. The fourth-order valence-corrected chi connectivity index (χ4v) is 1.10. The van der Waals surface area contributed by atoms with E-state index in [0.717, 1.165) is 5.33 Å². The van der Waals surface area contributed by atoms with Gasteiger partial charge in [0.25, 0.3) is 0 Å². The molecule has 0 atom stereocenters. The van der Waals surface area contributed by atoms with Crippen molar-refractivity contribution in [1.29, 1.82) is 0 Å². The zero-order valence-electron chi connectivity index (χ0n) is 7.04. The summed E-state index contributed by atoms with van der Waals surface area (Å²) in [6, 6.07) is 6.37. The predicted octanol–water partition coefficient (Wildman–Crippen LogP) is 3.16. The van der Waals surface area contributed by atoms with Gasteiger partial charge in [0.2, 0.25) is 0 Å². The second kappa shape index (κ2) is 5.75. The largest absolute Gasteiger partial charge is 0.486 e. The van der Waals surface area contributed by atoms with Crippen LogP contribution >= 0.6 is 15.9 Å². The van der Waals surface area contributed by atoms with Crippen molar-refractivity contribution in [2.75, 3.05) is 11.9 Å². The van der Waals surface area contributed by atoms with Crippen molar-refractivity contribution in [2.45, 2.75) is 0 Å². The van der Waals surface area contributed by atoms with Crippen LogP contribution in [0.2, 0.25) is 0 Å². The molecule has 0 spiro atoms. The van der Waals surface area contributed by atoms with Crippen LogP contribution < -0.4 is 4.74 Å². The number of halogens is 2. The molecule has 0 fully saturated rings. The lowest BCUT2D eigenvalue weighted by Gasteiger charge is -2.02. The van der Waals surface area contributed by atoms with Crippen LogP contribution in [0.15, 0.2) is 36.4 Å². The van der Waals surface area contributed by atoms with E-state index in [9.17, 15) is 4.39 Å². The average molecular weight is 245 g/mol. The first-order chi connectivity index (χ1) is 6.34. The van der Waals surface area contributed by atoms with E-state index in [1.165, 1.54) is 6.07 Å². The normalized spacial score (nSPS) is 10.6. The molecule has 70 valence electrons. The summed E-state index contributed by atoms with van der Waals surface area (Å²) in [6.07, 6.45) is 3.74.